The summed E-state index contributed by atoms with van der Waals surface area (Å²) in [5.74, 6) is 0.0279. The number of rotatable bonds is 4. The van der Waals surface area contributed by atoms with E-state index in [0.29, 0.717) is 6.04 Å². The van der Waals surface area contributed by atoms with Gasteiger partial charge in [0.05, 0.1) is 0 Å². The second-order valence-corrected chi connectivity index (χ2v) is 5.73. The van der Waals surface area contributed by atoms with Crippen LogP contribution in [0.1, 0.15) is 35.2 Å². The highest BCUT2D eigenvalue weighted by Crippen LogP contribution is 2.14. The minimum atomic E-state index is 0.0279. The minimum absolute atomic E-state index is 0.0279. The molecule has 0 aliphatic carbocycles. The van der Waals surface area contributed by atoms with E-state index < -0.39 is 0 Å². The number of nitrogens with zero attached hydrogens (tertiary/aromatic N) is 1. The zero-order valence-corrected chi connectivity index (χ0v) is 12.9. The van der Waals surface area contributed by atoms with Crippen molar-refractivity contribution < 1.29 is 4.79 Å². The average Bonchev–Trinajstić information content (AvgIpc) is 2.46. The summed E-state index contributed by atoms with van der Waals surface area (Å²) in [6, 6.07) is 8.22. The molecule has 1 aromatic rings. The monoisotopic (exact) mass is 324 g/mol. The van der Waals surface area contributed by atoms with Crippen molar-refractivity contribution in [1.29, 1.82) is 0 Å². The van der Waals surface area contributed by atoms with Crippen molar-refractivity contribution in [3.05, 3.63) is 35.4 Å². The van der Waals surface area contributed by atoms with E-state index in [1.165, 1.54) is 24.8 Å². The topological polar surface area (TPSA) is 32.3 Å². The maximum atomic E-state index is 12.1. The number of piperidine rings is 1. The van der Waals surface area contributed by atoms with E-state index in [9.17, 15) is 4.79 Å². The van der Waals surface area contributed by atoms with Gasteiger partial charge in [-0.25, -0.2) is 0 Å². The third-order valence-electron chi connectivity index (χ3n) is 3.79. The van der Waals surface area contributed by atoms with Crippen LogP contribution in [0.2, 0.25) is 0 Å². The molecular weight excluding hydrogens is 304 g/mol. The highest BCUT2D eigenvalue weighted by atomic mass is 79.9. The molecule has 0 bridgehead atoms. The van der Waals surface area contributed by atoms with Crippen molar-refractivity contribution in [2.45, 2.75) is 30.6 Å². The summed E-state index contributed by atoms with van der Waals surface area (Å²) >= 11 is 3.40. The lowest BCUT2D eigenvalue weighted by molar-refractivity contribution is 0.0928. The molecular formula is C15H21BrN2O. The van der Waals surface area contributed by atoms with Crippen LogP contribution in [0.15, 0.2) is 24.3 Å². The van der Waals surface area contributed by atoms with Gasteiger partial charge in [-0.3, -0.25) is 4.79 Å². The highest BCUT2D eigenvalue weighted by molar-refractivity contribution is 9.08. The lowest BCUT2D eigenvalue weighted by Crippen LogP contribution is -2.44. The van der Waals surface area contributed by atoms with Gasteiger partial charge in [-0.1, -0.05) is 34.5 Å². The first-order valence-electron chi connectivity index (χ1n) is 6.84. The Bertz CT molecular complexity index is 419. The first-order valence-corrected chi connectivity index (χ1v) is 7.96. The Hall–Kier alpha value is -0.870. The van der Waals surface area contributed by atoms with Gasteiger partial charge < -0.3 is 10.2 Å². The number of likely N-dealkylation sites (tertiary alicyclic amines) is 1. The molecule has 1 aliphatic heterocycles. The predicted molar refractivity (Wildman–Crippen MR) is 81.7 cm³/mol. The lowest BCUT2D eigenvalue weighted by atomic mass is 10.0. The summed E-state index contributed by atoms with van der Waals surface area (Å²) in [7, 11) is 2.14. The van der Waals surface area contributed by atoms with Crippen molar-refractivity contribution in [3.63, 3.8) is 0 Å². The van der Waals surface area contributed by atoms with Crippen molar-refractivity contribution in [1.82, 2.24) is 10.2 Å². The first-order chi connectivity index (χ1) is 9.20. The van der Waals surface area contributed by atoms with Crippen molar-refractivity contribution in [2.24, 2.45) is 0 Å². The minimum Gasteiger partial charge on any atom is -0.350 e. The van der Waals surface area contributed by atoms with Crippen LogP contribution >= 0.6 is 15.9 Å². The molecule has 1 amide bonds. The van der Waals surface area contributed by atoms with Crippen molar-refractivity contribution in [2.75, 3.05) is 20.1 Å². The Morgan fingerprint density at radius 2 is 2.11 bits per heavy atom. The molecule has 1 N–H and O–H groups in total. The molecule has 3 nitrogen and oxygen atoms in total. The van der Waals surface area contributed by atoms with Crippen LogP contribution in [0.5, 0.6) is 0 Å². The number of carbonyl (C=O) groups is 1. The number of alkyl halides is 1. The molecule has 1 heterocycles. The smallest absolute Gasteiger partial charge is 0.251 e. The standard InChI is InChI=1S/C15H21BrN2O/c1-18-9-3-2-4-14(18)11-17-15(19)13-7-5-12(10-16)6-8-13/h5-8,14H,2-4,9-11H2,1H3,(H,17,19). The van der Waals surface area contributed by atoms with Gasteiger partial charge in [-0.15, -0.1) is 0 Å². The van der Waals surface area contributed by atoms with Gasteiger partial charge in [0.15, 0.2) is 0 Å². The van der Waals surface area contributed by atoms with Crippen LogP contribution in [0.4, 0.5) is 0 Å². The third kappa shape index (κ3) is 4.05. The molecule has 1 saturated heterocycles. The molecule has 1 unspecified atom stereocenters. The van der Waals surface area contributed by atoms with Gasteiger partial charge >= 0.3 is 0 Å². The van der Waals surface area contributed by atoms with E-state index in [1.54, 1.807) is 0 Å². The van der Waals surface area contributed by atoms with Gasteiger partial charge in [0.1, 0.15) is 0 Å². The molecule has 0 radical (unpaired) electrons. The molecule has 2 rings (SSSR count). The molecule has 0 saturated carbocycles. The molecule has 0 aromatic heterocycles. The summed E-state index contributed by atoms with van der Waals surface area (Å²) in [6.45, 7) is 1.88. The van der Waals surface area contributed by atoms with Crippen LogP contribution in [0, 0.1) is 0 Å². The fourth-order valence-corrected chi connectivity index (χ4v) is 2.83. The highest BCUT2D eigenvalue weighted by Gasteiger charge is 2.19. The fraction of sp³-hybridized carbons (Fsp3) is 0.533. The van der Waals surface area contributed by atoms with Crippen LogP contribution in [-0.4, -0.2) is 37.0 Å². The zero-order valence-electron chi connectivity index (χ0n) is 11.4. The first kappa shape index (κ1) is 14.5. The number of halogens is 1. The molecule has 1 fully saturated rings. The molecule has 104 valence electrons. The number of likely N-dealkylation sites (N-methyl/N-ethyl adjacent to an activating group) is 1. The fourth-order valence-electron chi connectivity index (χ4n) is 2.46. The Morgan fingerprint density at radius 1 is 1.37 bits per heavy atom. The molecule has 19 heavy (non-hydrogen) atoms. The number of nitrogens with one attached hydrogen (secondary N) is 1. The number of benzene rings is 1. The molecule has 1 aliphatic rings. The molecule has 0 spiro atoms. The molecule has 4 heteroatoms. The van der Waals surface area contributed by atoms with Crippen molar-refractivity contribution in [3.8, 4) is 0 Å². The largest absolute Gasteiger partial charge is 0.350 e. The Morgan fingerprint density at radius 3 is 2.74 bits per heavy atom. The van der Waals surface area contributed by atoms with Gasteiger partial charge in [0.25, 0.3) is 5.91 Å². The van der Waals surface area contributed by atoms with E-state index in [4.69, 9.17) is 0 Å². The number of hydrogen-bond acceptors (Lipinski definition) is 2. The SMILES string of the molecule is CN1CCCCC1CNC(=O)c1ccc(CBr)cc1. The average molecular weight is 325 g/mol. The van der Waals surface area contributed by atoms with Gasteiger partial charge in [0.2, 0.25) is 0 Å². The maximum Gasteiger partial charge on any atom is 0.251 e. The summed E-state index contributed by atoms with van der Waals surface area (Å²) in [6.07, 6.45) is 3.72. The van der Waals surface area contributed by atoms with Crippen LogP contribution in [-0.2, 0) is 5.33 Å². The second kappa shape index (κ2) is 7.06. The number of hydrogen-bond donors (Lipinski definition) is 1. The Kier molecular flexibility index (Phi) is 5.40. The van der Waals surface area contributed by atoms with Gasteiger partial charge in [0, 0.05) is 23.5 Å². The van der Waals surface area contributed by atoms with E-state index in [1.807, 2.05) is 24.3 Å². The van der Waals surface area contributed by atoms with Crippen LogP contribution in [0.3, 0.4) is 0 Å². The van der Waals surface area contributed by atoms with Crippen LogP contribution < -0.4 is 5.32 Å². The summed E-state index contributed by atoms with van der Waals surface area (Å²) in [5, 5.41) is 3.87. The quantitative estimate of drug-likeness (QED) is 0.864. The normalized spacial score (nSPS) is 20.2. The zero-order chi connectivity index (χ0) is 13.7. The molecule has 1 atom stereocenters. The van der Waals surface area contributed by atoms with E-state index in [0.717, 1.165) is 24.0 Å². The second-order valence-electron chi connectivity index (χ2n) is 5.17. The Labute approximate surface area is 123 Å². The van der Waals surface area contributed by atoms with Gasteiger partial charge in [-0.05, 0) is 44.1 Å². The summed E-state index contributed by atoms with van der Waals surface area (Å²) < 4.78 is 0. The van der Waals surface area contributed by atoms with E-state index in [-0.39, 0.29) is 5.91 Å². The predicted octanol–water partition coefficient (Wildman–Crippen LogP) is 2.80. The van der Waals surface area contributed by atoms with E-state index >= 15 is 0 Å². The summed E-state index contributed by atoms with van der Waals surface area (Å²) in [4.78, 5) is 14.4. The summed E-state index contributed by atoms with van der Waals surface area (Å²) in [5.41, 5.74) is 1.92. The van der Waals surface area contributed by atoms with Crippen molar-refractivity contribution >= 4 is 21.8 Å². The lowest BCUT2D eigenvalue weighted by Gasteiger charge is -2.32. The third-order valence-corrected chi connectivity index (χ3v) is 4.44. The number of carbonyl (C=O) groups excluding carboxylic acids is 1. The van der Waals surface area contributed by atoms with E-state index in [2.05, 4.69) is 33.2 Å². The van der Waals surface area contributed by atoms with Crippen LogP contribution in [0.25, 0.3) is 0 Å². The van der Waals surface area contributed by atoms with Gasteiger partial charge in [-0.2, -0.15) is 0 Å². The number of amides is 1. The molecule has 1 aromatic carbocycles. The maximum absolute atomic E-state index is 12.1. The Balaban J connectivity index is 1.86.